The maximum absolute atomic E-state index is 13.3. The Bertz CT molecular complexity index is 1080. The van der Waals surface area contributed by atoms with Gasteiger partial charge in [-0.2, -0.15) is 13.2 Å². The largest absolute Gasteiger partial charge is 0.480 e. The lowest BCUT2D eigenvalue weighted by molar-refractivity contribution is -0.141. The van der Waals surface area contributed by atoms with Crippen LogP contribution in [0.25, 0.3) is 0 Å². The minimum Gasteiger partial charge on any atom is -0.480 e. The quantitative estimate of drug-likeness (QED) is 0.471. The van der Waals surface area contributed by atoms with Gasteiger partial charge in [0.15, 0.2) is 9.84 Å². The van der Waals surface area contributed by atoms with Gasteiger partial charge in [-0.3, -0.25) is 4.79 Å². The molecule has 1 aromatic heterocycles. The number of aliphatic hydroxyl groups is 1. The van der Waals surface area contributed by atoms with Crippen LogP contribution in [0.2, 0.25) is 0 Å². The normalized spacial score (nSPS) is 25.9. The number of alkyl halides is 3. The third kappa shape index (κ3) is 5.98. The number of nitrogens with zero attached hydrogens (tertiary/aromatic N) is 1. The van der Waals surface area contributed by atoms with E-state index in [9.17, 15) is 31.5 Å². The molecule has 1 amide bonds. The number of rotatable bonds is 10. The summed E-state index contributed by atoms with van der Waals surface area (Å²) in [5.41, 5.74) is -1.67. The third-order valence-corrected chi connectivity index (χ3v) is 10.5. The number of carbonyl (C=O) groups is 1. The molecule has 3 aliphatic rings. The molecule has 3 saturated carbocycles. The maximum Gasteiger partial charge on any atom is 0.433 e. The molecule has 1 aromatic rings. The predicted molar refractivity (Wildman–Crippen MR) is 127 cm³/mol. The number of sulfone groups is 1. The number of nitrogens with one attached hydrogen (secondary N) is 1. The number of hydrogen-bond acceptors (Lipinski definition) is 6. The Hall–Kier alpha value is -1.88. The first kappa shape index (κ1) is 27.2. The van der Waals surface area contributed by atoms with E-state index in [0.29, 0.717) is 31.6 Å². The van der Waals surface area contributed by atoms with Crippen molar-refractivity contribution in [3.8, 4) is 5.88 Å². The van der Waals surface area contributed by atoms with E-state index in [0.717, 1.165) is 45.3 Å². The van der Waals surface area contributed by atoms with Crippen molar-refractivity contribution >= 4 is 15.7 Å². The zero-order valence-corrected chi connectivity index (χ0v) is 21.6. The number of carbonyl (C=O) groups excluding carboxylic acids is 1. The molecule has 0 aliphatic heterocycles. The molecule has 0 saturated heterocycles. The summed E-state index contributed by atoms with van der Waals surface area (Å²) in [5.74, 6) is -0.0911. The van der Waals surface area contributed by atoms with E-state index in [2.05, 4.69) is 10.3 Å². The molecule has 0 spiro atoms. The van der Waals surface area contributed by atoms with Gasteiger partial charge in [-0.1, -0.05) is 12.8 Å². The summed E-state index contributed by atoms with van der Waals surface area (Å²) in [5, 5.41) is 12.8. The summed E-state index contributed by atoms with van der Waals surface area (Å²) in [4.78, 5) is 16.8. The molecule has 7 nitrogen and oxygen atoms in total. The molecular formula is C25H35F3N2O5S. The lowest BCUT2D eigenvalue weighted by atomic mass is 9.66. The van der Waals surface area contributed by atoms with Gasteiger partial charge in [0.05, 0.1) is 30.8 Å². The monoisotopic (exact) mass is 532 g/mol. The lowest BCUT2D eigenvalue weighted by Crippen LogP contribution is -2.53. The second-order valence-corrected chi connectivity index (χ2v) is 13.2. The highest BCUT2D eigenvalue weighted by atomic mass is 32.2. The van der Waals surface area contributed by atoms with Gasteiger partial charge in [0.1, 0.15) is 11.3 Å². The topological polar surface area (TPSA) is 106 Å². The molecule has 1 unspecified atom stereocenters. The van der Waals surface area contributed by atoms with Crippen LogP contribution in [0.5, 0.6) is 5.88 Å². The van der Waals surface area contributed by atoms with Gasteiger partial charge in [-0.25, -0.2) is 13.4 Å². The smallest absolute Gasteiger partial charge is 0.433 e. The van der Waals surface area contributed by atoms with Gasteiger partial charge in [-0.15, -0.1) is 0 Å². The Morgan fingerprint density at radius 1 is 1.19 bits per heavy atom. The van der Waals surface area contributed by atoms with E-state index in [1.54, 1.807) is 0 Å². The Morgan fingerprint density at radius 2 is 1.81 bits per heavy atom. The van der Waals surface area contributed by atoms with Crippen molar-refractivity contribution in [1.82, 2.24) is 10.3 Å². The summed E-state index contributed by atoms with van der Waals surface area (Å²) in [6.45, 7) is 1.03. The highest BCUT2D eigenvalue weighted by Crippen LogP contribution is 2.51. The number of ether oxygens (including phenoxy) is 1. The molecule has 0 aromatic carbocycles. The first-order valence-corrected chi connectivity index (χ1v) is 14.4. The van der Waals surface area contributed by atoms with E-state index >= 15 is 0 Å². The Morgan fingerprint density at radius 3 is 2.31 bits per heavy atom. The molecule has 3 fully saturated rings. The SMILES string of the molecule is COc1nc(C(F)(F)F)cc(C)c1C(=O)NC(CO)[C@]1(CC2CC2)CC[C@H](S(=O)(=O)CC2CC2)CC1. The minimum atomic E-state index is -4.69. The van der Waals surface area contributed by atoms with Gasteiger partial charge < -0.3 is 15.2 Å². The fourth-order valence-electron chi connectivity index (χ4n) is 5.70. The molecule has 36 heavy (non-hydrogen) atoms. The third-order valence-electron chi connectivity index (χ3n) is 8.11. The maximum atomic E-state index is 13.3. The van der Waals surface area contributed by atoms with Crippen molar-refractivity contribution in [3.63, 3.8) is 0 Å². The van der Waals surface area contributed by atoms with Crippen LogP contribution in [0.4, 0.5) is 13.2 Å². The van der Waals surface area contributed by atoms with Gasteiger partial charge >= 0.3 is 6.18 Å². The molecule has 11 heteroatoms. The minimum absolute atomic E-state index is 0.0643. The van der Waals surface area contributed by atoms with Crippen LogP contribution in [-0.4, -0.2) is 55.2 Å². The Kier molecular flexibility index (Phi) is 7.63. The Balaban J connectivity index is 1.54. The number of methoxy groups -OCH3 is 1. The van der Waals surface area contributed by atoms with Gasteiger partial charge in [0.25, 0.3) is 5.91 Å². The summed E-state index contributed by atoms with van der Waals surface area (Å²) >= 11 is 0. The predicted octanol–water partition coefficient (Wildman–Crippen LogP) is 4.06. The van der Waals surface area contributed by atoms with E-state index in [4.69, 9.17) is 4.74 Å². The average molecular weight is 533 g/mol. The molecular weight excluding hydrogens is 497 g/mol. The van der Waals surface area contributed by atoms with Gasteiger partial charge in [0, 0.05) is 0 Å². The second kappa shape index (κ2) is 10.1. The van der Waals surface area contributed by atoms with Crippen LogP contribution in [0, 0.1) is 24.2 Å². The number of amides is 1. The second-order valence-electron chi connectivity index (χ2n) is 10.9. The molecule has 3 aliphatic carbocycles. The first-order valence-electron chi connectivity index (χ1n) is 12.6. The standard InChI is InChI=1S/C25H35F3N2O5S/c1-15-11-19(25(26,27)28)30-23(35-2)21(15)22(32)29-20(13-31)24(12-16-3-4-16)9-7-18(8-10-24)36(33,34)14-17-5-6-17/h11,16-18,20,31H,3-10,12-14H2,1-2H3,(H,29,32)/t18-,20?,24+. The average Bonchev–Trinajstić information content (AvgIpc) is 3.74. The van der Waals surface area contributed by atoms with Crippen molar-refractivity contribution in [1.29, 1.82) is 0 Å². The van der Waals surface area contributed by atoms with Crippen molar-refractivity contribution < 1.29 is 36.2 Å². The van der Waals surface area contributed by atoms with E-state index in [1.165, 1.54) is 6.92 Å². The number of hydrogen-bond donors (Lipinski definition) is 2. The fraction of sp³-hybridized carbons (Fsp3) is 0.760. The zero-order chi connectivity index (χ0) is 26.3. The molecule has 0 bridgehead atoms. The van der Waals surface area contributed by atoms with Crippen LogP contribution in [-0.2, 0) is 16.0 Å². The zero-order valence-electron chi connectivity index (χ0n) is 20.7. The number of pyridine rings is 1. The number of aliphatic hydroxyl groups excluding tert-OH is 1. The van der Waals surface area contributed by atoms with E-state index < -0.39 is 50.2 Å². The van der Waals surface area contributed by atoms with Crippen molar-refractivity contribution in [2.24, 2.45) is 17.3 Å². The molecule has 4 rings (SSSR count). The van der Waals surface area contributed by atoms with Crippen LogP contribution in [0.1, 0.15) is 79.4 Å². The van der Waals surface area contributed by atoms with Gasteiger partial charge in [-0.05, 0) is 80.8 Å². The molecule has 1 atom stereocenters. The summed E-state index contributed by atoms with van der Waals surface area (Å²) in [6, 6.07) is 0.144. The summed E-state index contributed by atoms with van der Waals surface area (Å²) in [7, 11) is -2.03. The Labute approximate surface area is 210 Å². The van der Waals surface area contributed by atoms with E-state index in [-0.39, 0.29) is 29.4 Å². The molecule has 1 heterocycles. The van der Waals surface area contributed by atoms with E-state index in [1.807, 2.05) is 0 Å². The highest BCUT2D eigenvalue weighted by molar-refractivity contribution is 7.92. The number of halogens is 3. The highest BCUT2D eigenvalue weighted by Gasteiger charge is 2.48. The van der Waals surface area contributed by atoms with Crippen molar-refractivity contribution in [3.05, 3.63) is 22.9 Å². The van der Waals surface area contributed by atoms with Crippen molar-refractivity contribution in [2.45, 2.75) is 82.2 Å². The van der Waals surface area contributed by atoms with Gasteiger partial charge in [0.2, 0.25) is 5.88 Å². The van der Waals surface area contributed by atoms with Crippen LogP contribution in [0.15, 0.2) is 6.07 Å². The van der Waals surface area contributed by atoms with Crippen LogP contribution < -0.4 is 10.1 Å². The fourth-order valence-corrected chi connectivity index (χ4v) is 7.92. The summed E-state index contributed by atoms with van der Waals surface area (Å²) < 4.78 is 70.4. The van der Waals surface area contributed by atoms with Crippen LogP contribution in [0.3, 0.4) is 0 Å². The number of aryl methyl sites for hydroxylation is 1. The number of aromatic nitrogens is 1. The first-order chi connectivity index (χ1) is 16.9. The van der Waals surface area contributed by atoms with Crippen LogP contribution >= 0.6 is 0 Å². The van der Waals surface area contributed by atoms with Crippen molar-refractivity contribution in [2.75, 3.05) is 19.5 Å². The molecule has 0 radical (unpaired) electrons. The molecule has 2 N–H and O–H groups in total. The lowest BCUT2D eigenvalue weighted by Gasteiger charge is -2.45. The summed E-state index contributed by atoms with van der Waals surface area (Å²) in [6.07, 6.45) is 2.24. The molecule has 202 valence electrons.